The van der Waals surface area contributed by atoms with Crippen molar-refractivity contribution in [3.05, 3.63) is 88.3 Å². The zero-order chi connectivity index (χ0) is 24.5. The van der Waals surface area contributed by atoms with Crippen molar-refractivity contribution < 1.29 is 14.3 Å². The molecule has 35 heavy (non-hydrogen) atoms. The highest BCUT2D eigenvalue weighted by atomic mass is 16.5. The fourth-order valence-electron chi connectivity index (χ4n) is 4.38. The number of nitrogens with one attached hydrogen (secondary N) is 1. The molecule has 0 bridgehead atoms. The quantitative estimate of drug-likeness (QED) is 0.483. The molecule has 2 aromatic carbocycles. The van der Waals surface area contributed by atoms with E-state index in [9.17, 15) is 9.59 Å². The van der Waals surface area contributed by atoms with Gasteiger partial charge in [-0.05, 0) is 50.2 Å². The molecule has 0 radical (unpaired) electrons. The van der Waals surface area contributed by atoms with E-state index in [1.807, 2.05) is 48.5 Å². The molecule has 184 valence electrons. The Balaban J connectivity index is 1.43. The summed E-state index contributed by atoms with van der Waals surface area (Å²) < 4.78 is 12.5. The second kappa shape index (κ2) is 12.2. The molecule has 1 aromatic heterocycles. The smallest absolute Gasteiger partial charge is 0.271 e. The summed E-state index contributed by atoms with van der Waals surface area (Å²) in [5.74, 6) is 1.21. The maximum Gasteiger partial charge on any atom is 0.271 e. The molecule has 1 N–H and O–H groups in total. The SMILES string of the molecule is COc1ccccc1C(CNC(=O)c1ccc(=O)n(CCOc2ccccc2)n1)N1CCCCC1. The number of ether oxygens (including phenoxy) is 2. The summed E-state index contributed by atoms with van der Waals surface area (Å²) in [6.07, 6.45) is 3.50. The van der Waals surface area contributed by atoms with Crippen molar-refractivity contribution in [1.29, 1.82) is 0 Å². The van der Waals surface area contributed by atoms with Gasteiger partial charge in [0, 0.05) is 18.2 Å². The third kappa shape index (κ3) is 6.48. The van der Waals surface area contributed by atoms with Crippen LogP contribution in [-0.4, -0.2) is 53.9 Å². The average Bonchev–Trinajstić information content (AvgIpc) is 2.91. The minimum atomic E-state index is -0.320. The van der Waals surface area contributed by atoms with E-state index in [-0.39, 0.29) is 36.4 Å². The Bertz CT molecular complexity index is 1160. The van der Waals surface area contributed by atoms with Gasteiger partial charge in [-0.1, -0.05) is 42.8 Å². The number of benzene rings is 2. The maximum atomic E-state index is 13.0. The number of piperidine rings is 1. The van der Waals surface area contributed by atoms with Gasteiger partial charge in [-0.25, -0.2) is 4.68 Å². The van der Waals surface area contributed by atoms with Crippen molar-refractivity contribution >= 4 is 5.91 Å². The van der Waals surface area contributed by atoms with Gasteiger partial charge >= 0.3 is 0 Å². The number of methoxy groups -OCH3 is 1. The van der Waals surface area contributed by atoms with E-state index in [4.69, 9.17) is 9.47 Å². The third-order valence-electron chi connectivity index (χ3n) is 6.20. The number of rotatable bonds is 10. The molecule has 2 heterocycles. The molecular weight excluding hydrogens is 444 g/mol. The van der Waals surface area contributed by atoms with Crippen LogP contribution in [0.25, 0.3) is 0 Å². The van der Waals surface area contributed by atoms with E-state index in [0.717, 1.165) is 43.0 Å². The van der Waals surface area contributed by atoms with Gasteiger partial charge in [0.25, 0.3) is 11.5 Å². The summed E-state index contributed by atoms with van der Waals surface area (Å²) in [4.78, 5) is 27.7. The van der Waals surface area contributed by atoms with Crippen molar-refractivity contribution in [1.82, 2.24) is 20.0 Å². The zero-order valence-electron chi connectivity index (χ0n) is 20.1. The lowest BCUT2D eigenvalue weighted by Crippen LogP contribution is -2.41. The van der Waals surface area contributed by atoms with Gasteiger partial charge in [0.2, 0.25) is 0 Å². The molecule has 8 nitrogen and oxygen atoms in total. The van der Waals surface area contributed by atoms with Gasteiger partial charge < -0.3 is 14.8 Å². The molecule has 1 aliphatic rings. The molecule has 8 heteroatoms. The first-order valence-corrected chi connectivity index (χ1v) is 12.1. The molecule has 3 aromatic rings. The second-order valence-electron chi connectivity index (χ2n) is 8.51. The Morgan fingerprint density at radius 3 is 2.51 bits per heavy atom. The highest BCUT2D eigenvalue weighted by molar-refractivity contribution is 5.92. The van der Waals surface area contributed by atoms with E-state index >= 15 is 0 Å². The Morgan fingerprint density at radius 2 is 1.74 bits per heavy atom. The number of amides is 1. The number of hydrogen-bond donors (Lipinski definition) is 1. The van der Waals surface area contributed by atoms with Gasteiger partial charge in [0.05, 0.1) is 19.7 Å². The molecule has 1 amide bonds. The number of likely N-dealkylation sites (tertiary alicyclic amines) is 1. The monoisotopic (exact) mass is 476 g/mol. The minimum Gasteiger partial charge on any atom is -0.496 e. The lowest BCUT2D eigenvalue weighted by Gasteiger charge is -2.35. The molecule has 1 aliphatic heterocycles. The Hall–Kier alpha value is -3.65. The Morgan fingerprint density at radius 1 is 1.00 bits per heavy atom. The van der Waals surface area contributed by atoms with Crippen LogP contribution < -0.4 is 20.3 Å². The topological polar surface area (TPSA) is 85.7 Å². The molecule has 0 saturated carbocycles. The standard InChI is InChI=1S/C27H32N4O4/c1-34-25-13-7-6-12-22(25)24(30-16-8-3-9-17-30)20-28-27(33)23-14-15-26(32)31(29-23)18-19-35-21-10-4-2-5-11-21/h2,4-7,10-15,24H,3,8-9,16-20H2,1H3,(H,28,33). The van der Waals surface area contributed by atoms with Crippen LogP contribution in [0.1, 0.15) is 41.4 Å². The molecule has 0 aliphatic carbocycles. The van der Waals surface area contributed by atoms with E-state index < -0.39 is 0 Å². The van der Waals surface area contributed by atoms with Crippen molar-refractivity contribution in [2.45, 2.75) is 31.8 Å². The number of nitrogens with zero attached hydrogens (tertiary/aromatic N) is 3. The van der Waals surface area contributed by atoms with Crippen LogP contribution in [0.3, 0.4) is 0 Å². The molecule has 4 rings (SSSR count). The fraction of sp³-hybridized carbons (Fsp3) is 0.370. The van der Waals surface area contributed by atoms with Crippen molar-refractivity contribution in [3.63, 3.8) is 0 Å². The summed E-state index contributed by atoms with van der Waals surface area (Å²) in [5.41, 5.74) is 0.966. The third-order valence-corrected chi connectivity index (χ3v) is 6.20. The van der Waals surface area contributed by atoms with Crippen molar-refractivity contribution in [2.24, 2.45) is 0 Å². The maximum absolute atomic E-state index is 13.0. The predicted octanol–water partition coefficient (Wildman–Crippen LogP) is 3.29. The minimum absolute atomic E-state index is 0.0134. The van der Waals surface area contributed by atoms with Gasteiger partial charge in [-0.15, -0.1) is 0 Å². The van der Waals surface area contributed by atoms with Crippen LogP contribution in [0, 0.1) is 0 Å². The highest BCUT2D eigenvalue weighted by Gasteiger charge is 2.25. The first-order valence-electron chi connectivity index (χ1n) is 12.1. The lowest BCUT2D eigenvalue weighted by atomic mass is 10.0. The van der Waals surface area contributed by atoms with E-state index in [0.29, 0.717) is 6.54 Å². The summed E-state index contributed by atoms with van der Waals surface area (Å²) in [6, 6.07) is 20.1. The summed E-state index contributed by atoms with van der Waals surface area (Å²) in [7, 11) is 1.67. The van der Waals surface area contributed by atoms with Crippen LogP contribution in [0.2, 0.25) is 0 Å². The van der Waals surface area contributed by atoms with Gasteiger partial charge in [-0.2, -0.15) is 5.10 Å². The van der Waals surface area contributed by atoms with Gasteiger partial charge in [0.15, 0.2) is 0 Å². The predicted molar refractivity (Wildman–Crippen MR) is 134 cm³/mol. The van der Waals surface area contributed by atoms with Crippen LogP contribution in [-0.2, 0) is 6.54 Å². The van der Waals surface area contributed by atoms with Crippen molar-refractivity contribution in [2.75, 3.05) is 33.4 Å². The average molecular weight is 477 g/mol. The number of carbonyl (C=O) groups is 1. The second-order valence-corrected chi connectivity index (χ2v) is 8.51. The summed E-state index contributed by atoms with van der Waals surface area (Å²) in [6.45, 7) is 2.88. The molecule has 1 saturated heterocycles. The normalized spacial score (nSPS) is 14.8. The number of carbonyl (C=O) groups excluding carboxylic acids is 1. The number of aromatic nitrogens is 2. The van der Waals surface area contributed by atoms with Crippen molar-refractivity contribution in [3.8, 4) is 11.5 Å². The molecular formula is C27H32N4O4. The highest BCUT2D eigenvalue weighted by Crippen LogP contribution is 2.30. The van der Waals surface area contributed by atoms with E-state index in [2.05, 4.69) is 21.4 Å². The molecule has 0 spiro atoms. The van der Waals surface area contributed by atoms with Crippen LogP contribution in [0.5, 0.6) is 11.5 Å². The lowest BCUT2D eigenvalue weighted by molar-refractivity contribution is 0.0915. The van der Waals surface area contributed by atoms with E-state index in [1.165, 1.54) is 23.2 Å². The Kier molecular flexibility index (Phi) is 8.51. The van der Waals surface area contributed by atoms with Crippen LogP contribution in [0.15, 0.2) is 71.5 Å². The molecule has 1 atom stereocenters. The first-order chi connectivity index (χ1) is 17.2. The number of hydrogen-bond acceptors (Lipinski definition) is 6. The zero-order valence-corrected chi connectivity index (χ0v) is 20.1. The number of para-hydroxylation sites is 2. The van der Waals surface area contributed by atoms with E-state index in [1.54, 1.807) is 7.11 Å². The van der Waals surface area contributed by atoms with Crippen LogP contribution >= 0.6 is 0 Å². The fourth-order valence-corrected chi connectivity index (χ4v) is 4.38. The van der Waals surface area contributed by atoms with Gasteiger partial charge in [0.1, 0.15) is 23.8 Å². The summed E-state index contributed by atoms with van der Waals surface area (Å²) in [5, 5.41) is 7.30. The Labute approximate surface area is 205 Å². The summed E-state index contributed by atoms with van der Waals surface area (Å²) >= 11 is 0. The largest absolute Gasteiger partial charge is 0.496 e. The first kappa shape index (κ1) is 24.5. The molecule has 1 fully saturated rings. The van der Waals surface area contributed by atoms with Gasteiger partial charge in [-0.3, -0.25) is 14.5 Å². The van der Waals surface area contributed by atoms with Crippen LogP contribution in [0.4, 0.5) is 0 Å². The molecule has 1 unspecified atom stereocenters.